The van der Waals surface area contributed by atoms with Crippen molar-refractivity contribution in [2.24, 2.45) is 12.8 Å². The van der Waals surface area contributed by atoms with E-state index in [1.54, 1.807) is 17.1 Å². The Kier molecular flexibility index (Phi) is 3.28. The molecule has 0 unspecified atom stereocenters. The van der Waals surface area contributed by atoms with E-state index in [0.717, 1.165) is 24.1 Å². The molecule has 1 saturated carbocycles. The normalized spacial score (nSPS) is 14.3. The number of imidazole rings is 1. The summed E-state index contributed by atoms with van der Waals surface area (Å²) in [6.07, 6.45) is 5.38. The number of nitrogens with two attached hydrogens (primary N) is 1. The highest BCUT2D eigenvalue weighted by molar-refractivity contribution is 6.05. The van der Waals surface area contributed by atoms with Gasteiger partial charge in [0.05, 0.1) is 12.5 Å². The molecule has 2 N–H and O–H groups in total. The molecule has 104 valence electrons. The Morgan fingerprint density at radius 3 is 2.60 bits per heavy atom. The van der Waals surface area contributed by atoms with Crippen molar-refractivity contribution < 1.29 is 4.79 Å². The smallest absolute Gasteiger partial charge is 0.276 e. The molecule has 1 aromatic carbocycles. The first kappa shape index (κ1) is 12.9. The Morgan fingerprint density at radius 1 is 1.40 bits per heavy atom. The summed E-state index contributed by atoms with van der Waals surface area (Å²) < 4.78 is 1.76. The number of anilines is 1. The van der Waals surface area contributed by atoms with Crippen LogP contribution in [0.1, 0.15) is 28.9 Å². The number of hydrogen-bond acceptors (Lipinski definition) is 3. The number of amides is 1. The zero-order valence-electron chi connectivity index (χ0n) is 11.5. The Hall–Kier alpha value is -2.14. The van der Waals surface area contributed by atoms with Crippen LogP contribution in [-0.4, -0.2) is 21.5 Å². The van der Waals surface area contributed by atoms with Gasteiger partial charge < -0.3 is 15.2 Å². The molecule has 0 saturated heterocycles. The van der Waals surface area contributed by atoms with Crippen LogP contribution >= 0.6 is 0 Å². The Balaban J connectivity index is 1.92. The second-order valence-electron chi connectivity index (χ2n) is 5.17. The van der Waals surface area contributed by atoms with Gasteiger partial charge in [-0.15, -0.1) is 0 Å². The zero-order valence-corrected chi connectivity index (χ0v) is 11.5. The molecule has 1 aliphatic rings. The van der Waals surface area contributed by atoms with E-state index in [9.17, 15) is 4.79 Å². The molecule has 3 rings (SSSR count). The molecule has 0 aliphatic heterocycles. The third-order valence-electron chi connectivity index (χ3n) is 3.62. The van der Waals surface area contributed by atoms with Gasteiger partial charge in [0, 0.05) is 25.3 Å². The highest BCUT2D eigenvalue weighted by Gasteiger charge is 2.35. The average molecular weight is 270 g/mol. The van der Waals surface area contributed by atoms with E-state index < -0.39 is 0 Å². The number of nitrogens with zero attached hydrogens (tertiary/aromatic N) is 3. The fraction of sp³-hybridized carbons (Fsp3) is 0.333. The first-order valence-corrected chi connectivity index (χ1v) is 6.79. The van der Waals surface area contributed by atoms with Crippen molar-refractivity contribution in [2.75, 3.05) is 4.90 Å². The number of carbonyl (C=O) groups is 1. The molecule has 1 amide bonds. The van der Waals surface area contributed by atoms with Crippen LogP contribution in [0.25, 0.3) is 0 Å². The van der Waals surface area contributed by atoms with Gasteiger partial charge in [-0.2, -0.15) is 0 Å². The zero-order chi connectivity index (χ0) is 14.1. The quantitative estimate of drug-likeness (QED) is 0.919. The summed E-state index contributed by atoms with van der Waals surface area (Å²) >= 11 is 0. The molecule has 1 aliphatic carbocycles. The second kappa shape index (κ2) is 5.09. The van der Waals surface area contributed by atoms with Crippen LogP contribution in [0.3, 0.4) is 0 Å². The maximum atomic E-state index is 12.7. The molecule has 1 aromatic heterocycles. The van der Waals surface area contributed by atoms with Crippen molar-refractivity contribution in [1.82, 2.24) is 9.55 Å². The van der Waals surface area contributed by atoms with Crippen molar-refractivity contribution in [3.05, 3.63) is 48.0 Å². The lowest BCUT2D eigenvalue weighted by Crippen LogP contribution is -2.34. The Morgan fingerprint density at radius 2 is 2.10 bits per heavy atom. The molecule has 0 radical (unpaired) electrons. The molecule has 20 heavy (non-hydrogen) atoms. The van der Waals surface area contributed by atoms with Crippen LogP contribution in [0.4, 0.5) is 5.69 Å². The SMILES string of the molecule is Cn1cncc1C(=O)N(c1ccc(CN)cc1)C1CC1. The fourth-order valence-electron chi connectivity index (χ4n) is 2.31. The predicted octanol–water partition coefficient (Wildman–Crippen LogP) is 1.69. The molecular weight excluding hydrogens is 252 g/mol. The molecule has 0 atom stereocenters. The van der Waals surface area contributed by atoms with Crippen LogP contribution in [0, 0.1) is 0 Å². The summed E-state index contributed by atoms with van der Waals surface area (Å²) in [6.45, 7) is 0.513. The maximum absolute atomic E-state index is 12.7. The minimum absolute atomic E-state index is 0.00741. The van der Waals surface area contributed by atoms with Crippen molar-refractivity contribution in [2.45, 2.75) is 25.4 Å². The van der Waals surface area contributed by atoms with Crippen LogP contribution in [0.5, 0.6) is 0 Å². The molecule has 0 bridgehead atoms. The molecule has 0 spiro atoms. The summed E-state index contributed by atoms with van der Waals surface area (Å²) in [4.78, 5) is 18.6. The van der Waals surface area contributed by atoms with E-state index in [-0.39, 0.29) is 5.91 Å². The topological polar surface area (TPSA) is 64.2 Å². The van der Waals surface area contributed by atoms with Gasteiger partial charge in [0.2, 0.25) is 0 Å². The third kappa shape index (κ3) is 2.32. The van der Waals surface area contributed by atoms with E-state index in [1.807, 2.05) is 36.2 Å². The highest BCUT2D eigenvalue weighted by Crippen LogP contribution is 2.33. The molecule has 5 heteroatoms. The first-order valence-electron chi connectivity index (χ1n) is 6.79. The summed E-state index contributed by atoms with van der Waals surface area (Å²) in [5.74, 6) is 0.00741. The van der Waals surface area contributed by atoms with Crippen LogP contribution < -0.4 is 10.6 Å². The summed E-state index contributed by atoms with van der Waals surface area (Å²) in [7, 11) is 1.84. The van der Waals surface area contributed by atoms with Crippen molar-refractivity contribution in [3.63, 3.8) is 0 Å². The molecular formula is C15H18N4O. The van der Waals surface area contributed by atoms with Gasteiger partial charge in [0.25, 0.3) is 5.91 Å². The van der Waals surface area contributed by atoms with Crippen molar-refractivity contribution in [1.29, 1.82) is 0 Å². The van der Waals surface area contributed by atoms with E-state index in [2.05, 4.69) is 4.98 Å². The largest absolute Gasteiger partial charge is 0.330 e. The lowest BCUT2D eigenvalue weighted by atomic mass is 10.2. The summed E-state index contributed by atoms with van der Waals surface area (Å²) in [5, 5.41) is 0. The monoisotopic (exact) mass is 270 g/mol. The summed E-state index contributed by atoms with van der Waals surface area (Å²) in [5.41, 5.74) is 8.22. The minimum Gasteiger partial charge on any atom is -0.330 e. The number of hydrogen-bond donors (Lipinski definition) is 1. The van der Waals surface area contributed by atoms with Crippen molar-refractivity contribution >= 4 is 11.6 Å². The number of carbonyl (C=O) groups excluding carboxylic acids is 1. The van der Waals surface area contributed by atoms with Gasteiger partial charge in [-0.25, -0.2) is 4.98 Å². The van der Waals surface area contributed by atoms with Gasteiger partial charge >= 0.3 is 0 Å². The lowest BCUT2D eigenvalue weighted by molar-refractivity contribution is 0.0977. The number of aryl methyl sites for hydroxylation is 1. The standard InChI is InChI=1S/C15H18N4O/c1-18-10-17-9-14(18)15(20)19(13-6-7-13)12-4-2-11(8-16)3-5-12/h2-5,9-10,13H,6-8,16H2,1H3. The average Bonchev–Trinajstić information content (AvgIpc) is 3.20. The van der Waals surface area contributed by atoms with Gasteiger partial charge in [-0.3, -0.25) is 4.79 Å². The first-order chi connectivity index (χ1) is 9.70. The van der Waals surface area contributed by atoms with Gasteiger partial charge in [-0.05, 0) is 30.5 Å². The predicted molar refractivity (Wildman–Crippen MR) is 77.4 cm³/mol. The minimum atomic E-state index is 0.00741. The van der Waals surface area contributed by atoms with Crippen LogP contribution in [0.2, 0.25) is 0 Å². The van der Waals surface area contributed by atoms with Crippen molar-refractivity contribution in [3.8, 4) is 0 Å². The molecule has 1 heterocycles. The fourth-order valence-corrected chi connectivity index (χ4v) is 2.31. The van der Waals surface area contributed by atoms with Crippen LogP contribution in [-0.2, 0) is 13.6 Å². The number of aromatic nitrogens is 2. The molecule has 5 nitrogen and oxygen atoms in total. The molecule has 1 fully saturated rings. The van der Waals surface area contributed by atoms with E-state index in [0.29, 0.717) is 18.3 Å². The van der Waals surface area contributed by atoms with Crippen LogP contribution in [0.15, 0.2) is 36.8 Å². The summed E-state index contributed by atoms with van der Waals surface area (Å²) in [6, 6.07) is 8.19. The van der Waals surface area contributed by atoms with E-state index in [1.165, 1.54) is 0 Å². The van der Waals surface area contributed by atoms with Gasteiger partial charge in [-0.1, -0.05) is 12.1 Å². The Labute approximate surface area is 118 Å². The Bertz CT molecular complexity index is 613. The third-order valence-corrected chi connectivity index (χ3v) is 3.62. The van der Waals surface area contributed by atoms with E-state index >= 15 is 0 Å². The second-order valence-corrected chi connectivity index (χ2v) is 5.17. The van der Waals surface area contributed by atoms with Gasteiger partial charge in [0.1, 0.15) is 5.69 Å². The van der Waals surface area contributed by atoms with Gasteiger partial charge in [0.15, 0.2) is 0 Å². The number of benzene rings is 1. The maximum Gasteiger partial charge on any atom is 0.276 e. The lowest BCUT2D eigenvalue weighted by Gasteiger charge is -2.22. The number of rotatable bonds is 4. The highest BCUT2D eigenvalue weighted by atomic mass is 16.2. The van der Waals surface area contributed by atoms with E-state index in [4.69, 9.17) is 5.73 Å². The molecule has 2 aromatic rings.